The van der Waals surface area contributed by atoms with Gasteiger partial charge in [-0.1, -0.05) is 36.4 Å². The van der Waals surface area contributed by atoms with Gasteiger partial charge in [-0.25, -0.2) is 0 Å². The van der Waals surface area contributed by atoms with Gasteiger partial charge in [-0.15, -0.1) is 0 Å². The van der Waals surface area contributed by atoms with Gasteiger partial charge in [0.25, 0.3) is 0 Å². The van der Waals surface area contributed by atoms with E-state index in [4.69, 9.17) is 0 Å². The smallest absolute Gasteiger partial charge is 0.121 e. The molecule has 0 fully saturated rings. The largest absolute Gasteiger partial charge is 0.508 e. The molecule has 3 aromatic carbocycles. The zero-order valence-corrected chi connectivity index (χ0v) is 14.4. The SMILES string of the molecule is Cc1cc(CC(c2ccc(O)cc2)c2ccc(O)cc2)cc(C)c1O. The molecule has 0 saturated carbocycles. The minimum atomic E-state index is 0.0875. The predicted molar refractivity (Wildman–Crippen MR) is 99.3 cm³/mol. The number of aromatic hydroxyl groups is 3. The number of benzene rings is 3. The van der Waals surface area contributed by atoms with Crippen molar-refractivity contribution in [1.82, 2.24) is 0 Å². The van der Waals surface area contributed by atoms with Crippen molar-refractivity contribution in [1.29, 1.82) is 0 Å². The lowest BCUT2D eigenvalue weighted by Crippen LogP contribution is -2.05. The fraction of sp³-hybridized carbons (Fsp3) is 0.182. The van der Waals surface area contributed by atoms with E-state index < -0.39 is 0 Å². The molecule has 0 aliphatic carbocycles. The first-order chi connectivity index (χ1) is 11.9. The fourth-order valence-electron chi connectivity index (χ4n) is 3.24. The molecule has 0 unspecified atom stereocenters. The molecule has 0 saturated heterocycles. The van der Waals surface area contributed by atoms with Gasteiger partial charge in [0, 0.05) is 5.92 Å². The fourth-order valence-corrected chi connectivity index (χ4v) is 3.24. The Morgan fingerprint density at radius 3 is 1.48 bits per heavy atom. The summed E-state index contributed by atoms with van der Waals surface area (Å²) in [5, 5.41) is 29.2. The van der Waals surface area contributed by atoms with Crippen LogP contribution in [-0.2, 0) is 6.42 Å². The lowest BCUT2D eigenvalue weighted by atomic mass is 9.85. The van der Waals surface area contributed by atoms with E-state index in [9.17, 15) is 15.3 Å². The van der Waals surface area contributed by atoms with Crippen LogP contribution in [0.15, 0.2) is 60.7 Å². The van der Waals surface area contributed by atoms with Gasteiger partial charge in [-0.3, -0.25) is 0 Å². The normalized spacial score (nSPS) is 11.0. The second-order valence-electron chi connectivity index (χ2n) is 6.52. The Hall–Kier alpha value is -2.94. The highest BCUT2D eigenvalue weighted by molar-refractivity contribution is 5.44. The zero-order chi connectivity index (χ0) is 18.0. The molecule has 0 atom stereocenters. The van der Waals surface area contributed by atoms with Gasteiger partial charge in [0.05, 0.1) is 0 Å². The van der Waals surface area contributed by atoms with Crippen molar-refractivity contribution in [2.24, 2.45) is 0 Å². The Kier molecular flexibility index (Phi) is 4.66. The van der Waals surface area contributed by atoms with Gasteiger partial charge < -0.3 is 15.3 Å². The molecular weight excluding hydrogens is 312 g/mol. The molecule has 0 spiro atoms. The van der Waals surface area contributed by atoms with Crippen molar-refractivity contribution < 1.29 is 15.3 Å². The summed E-state index contributed by atoms with van der Waals surface area (Å²) in [7, 11) is 0. The standard InChI is InChI=1S/C22H22O3/c1-14-11-16(12-15(2)22(14)25)13-21(17-3-7-19(23)8-4-17)18-5-9-20(24)10-6-18/h3-12,21,23-25H,13H2,1-2H3. The third-order valence-corrected chi connectivity index (χ3v) is 4.58. The summed E-state index contributed by atoms with van der Waals surface area (Å²) in [6.45, 7) is 3.81. The summed E-state index contributed by atoms with van der Waals surface area (Å²) in [6, 6.07) is 18.5. The van der Waals surface area contributed by atoms with E-state index in [2.05, 4.69) is 0 Å². The predicted octanol–water partition coefficient (Wildman–Crippen LogP) is 4.79. The van der Waals surface area contributed by atoms with Crippen LogP contribution < -0.4 is 0 Å². The summed E-state index contributed by atoms with van der Waals surface area (Å²) in [6.07, 6.45) is 0.761. The van der Waals surface area contributed by atoms with Crippen molar-refractivity contribution in [3.63, 3.8) is 0 Å². The van der Waals surface area contributed by atoms with E-state index in [0.717, 1.165) is 34.2 Å². The summed E-state index contributed by atoms with van der Waals surface area (Å²) in [5.74, 6) is 0.910. The number of rotatable bonds is 4. The van der Waals surface area contributed by atoms with Crippen LogP contribution in [0.3, 0.4) is 0 Å². The molecule has 3 rings (SSSR count). The Balaban J connectivity index is 2.02. The molecule has 0 aliphatic rings. The van der Waals surface area contributed by atoms with Crippen LogP contribution in [0.5, 0.6) is 17.2 Å². The highest BCUT2D eigenvalue weighted by atomic mass is 16.3. The number of aryl methyl sites for hydroxylation is 2. The van der Waals surface area contributed by atoms with Crippen LogP contribution in [0.2, 0.25) is 0 Å². The van der Waals surface area contributed by atoms with Crippen LogP contribution >= 0.6 is 0 Å². The van der Waals surface area contributed by atoms with Crippen LogP contribution in [0.4, 0.5) is 0 Å². The van der Waals surface area contributed by atoms with Gasteiger partial charge in [0.2, 0.25) is 0 Å². The Bertz CT molecular complexity index is 796. The molecule has 3 N–H and O–H groups in total. The number of hydrogen-bond acceptors (Lipinski definition) is 3. The second-order valence-corrected chi connectivity index (χ2v) is 6.52. The van der Waals surface area contributed by atoms with E-state index in [1.807, 2.05) is 50.2 Å². The summed E-state index contributed by atoms with van der Waals surface area (Å²) in [5.41, 5.74) is 5.05. The lowest BCUT2D eigenvalue weighted by Gasteiger charge is -2.19. The van der Waals surface area contributed by atoms with Gasteiger partial charge >= 0.3 is 0 Å². The number of phenols is 3. The van der Waals surface area contributed by atoms with Crippen molar-refractivity contribution in [2.45, 2.75) is 26.2 Å². The molecule has 25 heavy (non-hydrogen) atoms. The Morgan fingerprint density at radius 2 is 1.08 bits per heavy atom. The van der Waals surface area contributed by atoms with E-state index in [0.29, 0.717) is 5.75 Å². The molecule has 3 heteroatoms. The van der Waals surface area contributed by atoms with Crippen LogP contribution in [0.25, 0.3) is 0 Å². The molecular formula is C22H22O3. The van der Waals surface area contributed by atoms with Crippen molar-refractivity contribution in [3.8, 4) is 17.2 Å². The number of phenolic OH excluding ortho intramolecular Hbond substituents is 3. The molecule has 0 amide bonds. The van der Waals surface area contributed by atoms with Gasteiger partial charge in [-0.05, 0) is 72.4 Å². The quantitative estimate of drug-likeness (QED) is 0.642. The van der Waals surface area contributed by atoms with E-state index in [-0.39, 0.29) is 17.4 Å². The average molecular weight is 334 g/mol. The highest BCUT2D eigenvalue weighted by Crippen LogP contribution is 2.32. The lowest BCUT2D eigenvalue weighted by molar-refractivity contribution is 0.466. The van der Waals surface area contributed by atoms with E-state index >= 15 is 0 Å². The van der Waals surface area contributed by atoms with Crippen molar-refractivity contribution in [2.75, 3.05) is 0 Å². The van der Waals surface area contributed by atoms with Gasteiger partial charge in [-0.2, -0.15) is 0 Å². The minimum absolute atomic E-state index is 0.0875. The van der Waals surface area contributed by atoms with Crippen LogP contribution in [0.1, 0.15) is 33.7 Å². The highest BCUT2D eigenvalue weighted by Gasteiger charge is 2.16. The molecule has 0 radical (unpaired) electrons. The van der Waals surface area contributed by atoms with E-state index in [1.165, 1.54) is 0 Å². The molecule has 0 aliphatic heterocycles. The van der Waals surface area contributed by atoms with Crippen molar-refractivity contribution >= 4 is 0 Å². The molecule has 0 bridgehead atoms. The first-order valence-corrected chi connectivity index (χ1v) is 8.31. The van der Waals surface area contributed by atoms with Crippen molar-refractivity contribution in [3.05, 3.63) is 88.5 Å². The van der Waals surface area contributed by atoms with E-state index in [1.54, 1.807) is 24.3 Å². The third-order valence-electron chi connectivity index (χ3n) is 4.58. The molecule has 3 aromatic rings. The first kappa shape index (κ1) is 16.9. The average Bonchev–Trinajstić information content (AvgIpc) is 2.59. The summed E-state index contributed by atoms with van der Waals surface area (Å²) < 4.78 is 0. The molecule has 0 aromatic heterocycles. The van der Waals surface area contributed by atoms with Gasteiger partial charge in [0.1, 0.15) is 17.2 Å². The second kappa shape index (κ2) is 6.89. The first-order valence-electron chi connectivity index (χ1n) is 8.31. The summed E-state index contributed by atoms with van der Waals surface area (Å²) in [4.78, 5) is 0. The van der Waals surface area contributed by atoms with Gasteiger partial charge in [0.15, 0.2) is 0 Å². The number of hydrogen-bond donors (Lipinski definition) is 3. The molecule has 128 valence electrons. The zero-order valence-electron chi connectivity index (χ0n) is 14.4. The maximum atomic E-state index is 10.0. The minimum Gasteiger partial charge on any atom is -0.508 e. The molecule has 3 nitrogen and oxygen atoms in total. The Labute approximate surface area is 147 Å². The maximum absolute atomic E-state index is 10.0. The monoisotopic (exact) mass is 334 g/mol. The third kappa shape index (κ3) is 3.77. The van der Waals surface area contributed by atoms with Crippen LogP contribution in [0, 0.1) is 13.8 Å². The molecule has 0 heterocycles. The topological polar surface area (TPSA) is 60.7 Å². The maximum Gasteiger partial charge on any atom is 0.121 e. The Morgan fingerprint density at radius 1 is 0.680 bits per heavy atom. The summed E-state index contributed by atoms with van der Waals surface area (Å²) >= 11 is 0. The van der Waals surface area contributed by atoms with Crippen LogP contribution in [-0.4, -0.2) is 15.3 Å².